The number of fused-ring (bicyclic) bond motifs is 1. The fourth-order valence-electron chi connectivity index (χ4n) is 5.01. The molecule has 1 unspecified atom stereocenters. The molecule has 0 radical (unpaired) electrons. The first-order valence-corrected chi connectivity index (χ1v) is 11.5. The second-order valence-corrected chi connectivity index (χ2v) is 9.34. The van der Waals surface area contributed by atoms with E-state index in [-0.39, 0.29) is 23.9 Å². The maximum Gasteiger partial charge on any atom is 0.414 e. The molecule has 0 spiro atoms. The third kappa shape index (κ3) is 3.93. The van der Waals surface area contributed by atoms with Crippen LogP contribution in [0.1, 0.15) is 29.3 Å². The highest BCUT2D eigenvalue weighted by Gasteiger charge is 2.32. The summed E-state index contributed by atoms with van der Waals surface area (Å²) in [6.07, 6.45) is 1.12. The predicted octanol–water partition coefficient (Wildman–Crippen LogP) is 3.51. The average Bonchev–Trinajstić information content (AvgIpc) is 3.40. The van der Waals surface area contributed by atoms with Gasteiger partial charge in [-0.3, -0.25) is 9.69 Å². The van der Waals surface area contributed by atoms with Crippen LogP contribution in [0.5, 0.6) is 0 Å². The van der Waals surface area contributed by atoms with Gasteiger partial charge in [-0.05, 0) is 75.8 Å². The number of amides is 2. The summed E-state index contributed by atoms with van der Waals surface area (Å²) >= 11 is 0. The number of halogens is 1. The van der Waals surface area contributed by atoms with Crippen molar-refractivity contribution in [1.82, 2.24) is 4.90 Å². The molecule has 0 aliphatic carbocycles. The van der Waals surface area contributed by atoms with Crippen LogP contribution in [0.15, 0.2) is 36.4 Å². The van der Waals surface area contributed by atoms with E-state index >= 15 is 4.39 Å². The number of likely N-dealkylation sites (N-methyl/N-ethyl adjacent to an activating group) is 1. The van der Waals surface area contributed by atoms with Gasteiger partial charge in [-0.25, -0.2) is 9.18 Å². The van der Waals surface area contributed by atoms with Crippen LogP contribution < -0.4 is 14.7 Å². The van der Waals surface area contributed by atoms with Gasteiger partial charge in [0.05, 0.1) is 12.2 Å². The molecule has 2 saturated heterocycles. The Balaban J connectivity index is 1.34. The molecule has 2 fully saturated rings. The second-order valence-electron chi connectivity index (χ2n) is 9.34. The molecule has 0 bridgehead atoms. The van der Waals surface area contributed by atoms with E-state index in [2.05, 4.69) is 9.80 Å². The van der Waals surface area contributed by atoms with Crippen molar-refractivity contribution in [3.63, 3.8) is 0 Å². The summed E-state index contributed by atoms with van der Waals surface area (Å²) in [5.74, 6) is -0.455. The van der Waals surface area contributed by atoms with Gasteiger partial charge in [-0.15, -0.1) is 0 Å². The minimum absolute atomic E-state index is 0.152. The number of carbonyl (C=O) groups excluding carboxylic acids is 2. The van der Waals surface area contributed by atoms with Gasteiger partial charge in [0.1, 0.15) is 11.9 Å². The van der Waals surface area contributed by atoms with E-state index in [0.29, 0.717) is 42.5 Å². The van der Waals surface area contributed by atoms with E-state index < -0.39 is 0 Å². The number of rotatable bonds is 4. The first-order valence-electron chi connectivity index (χ1n) is 11.5. The molecule has 5 rings (SSSR count). The molecule has 7 nitrogen and oxygen atoms in total. The van der Waals surface area contributed by atoms with E-state index in [1.807, 2.05) is 33.2 Å². The third-order valence-corrected chi connectivity index (χ3v) is 6.92. The normalized spacial score (nSPS) is 22.9. The number of nitrogens with zero attached hydrogens (tertiary/aromatic N) is 4. The highest BCUT2D eigenvalue weighted by molar-refractivity contribution is 6.08. The molecule has 3 aliphatic rings. The van der Waals surface area contributed by atoms with E-state index in [4.69, 9.17) is 4.74 Å². The van der Waals surface area contributed by atoms with Gasteiger partial charge in [0, 0.05) is 42.6 Å². The minimum Gasteiger partial charge on any atom is -0.444 e. The van der Waals surface area contributed by atoms with Crippen molar-refractivity contribution in [2.75, 3.05) is 55.0 Å². The first kappa shape index (κ1) is 21.7. The lowest BCUT2D eigenvalue weighted by molar-refractivity contribution is 0.0980. The van der Waals surface area contributed by atoms with Crippen LogP contribution in [-0.4, -0.2) is 69.3 Å². The largest absolute Gasteiger partial charge is 0.444 e. The summed E-state index contributed by atoms with van der Waals surface area (Å²) in [6, 6.07) is 10.9. The fraction of sp³-hybridized carbons (Fsp3) is 0.440. The number of anilines is 3. The molecule has 0 N–H and O–H groups in total. The zero-order valence-electron chi connectivity index (χ0n) is 19.3. The van der Waals surface area contributed by atoms with Crippen molar-refractivity contribution < 1.29 is 18.7 Å². The smallest absolute Gasteiger partial charge is 0.414 e. The van der Waals surface area contributed by atoms with Crippen molar-refractivity contribution in [3.8, 4) is 0 Å². The Hall–Kier alpha value is -3.13. The number of hydrogen-bond acceptors (Lipinski definition) is 5. The Labute approximate surface area is 193 Å². The van der Waals surface area contributed by atoms with Crippen LogP contribution in [0, 0.1) is 5.82 Å². The highest BCUT2D eigenvalue weighted by Crippen LogP contribution is 2.32. The lowest BCUT2D eigenvalue weighted by Gasteiger charge is -2.30. The molecule has 2 amide bonds. The molecule has 2 aromatic carbocycles. The number of carbonyl (C=O) groups is 2. The van der Waals surface area contributed by atoms with E-state index in [1.165, 1.54) is 6.07 Å². The SMILES string of the molecule is CC1CN(c2ccc3c(c2)CCN(c2ccc(N4CC[C@@H](N(C)C)C4)c(F)c2)C3=O)C(=O)O1. The standard InChI is InChI=1S/C25H29FN4O3/c1-16-14-30(25(32)33-16)18-4-6-21-17(12-18)8-11-29(24(21)31)19-5-7-23(22(26)13-19)28-10-9-20(15-28)27(2)3/h4-7,12-13,16,20H,8-11,14-15H2,1-3H3/t16?,20-/m1/s1. The van der Waals surface area contributed by atoms with E-state index in [9.17, 15) is 9.59 Å². The Morgan fingerprint density at radius 2 is 1.76 bits per heavy atom. The highest BCUT2D eigenvalue weighted by atomic mass is 19.1. The Bertz CT molecular complexity index is 1110. The van der Waals surface area contributed by atoms with Crippen molar-refractivity contribution in [1.29, 1.82) is 0 Å². The molecular weight excluding hydrogens is 423 g/mol. The Morgan fingerprint density at radius 1 is 1.00 bits per heavy atom. The molecular formula is C25H29FN4O3. The van der Waals surface area contributed by atoms with Gasteiger partial charge in [0.25, 0.3) is 5.91 Å². The molecule has 3 heterocycles. The summed E-state index contributed by atoms with van der Waals surface area (Å²) in [5, 5.41) is 0. The monoisotopic (exact) mass is 452 g/mol. The summed E-state index contributed by atoms with van der Waals surface area (Å²) in [7, 11) is 4.10. The summed E-state index contributed by atoms with van der Waals surface area (Å²) < 4.78 is 20.3. The Kier molecular flexibility index (Phi) is 5.48. The molecule has 8 heteroatoms. The molecule has 174 valence electrons. The summed E-state index contributed by atoms with van der Waals surface area (Å²) in [4.78, 5) is 32.7. The first-order chi connectivity index (χ1) is 15.8. The predicted molar refractivity (Wildman–Crippen MR) is 126 cm³/mol. The number of hydrogen-bond donors (Lipinski definition) is 0. The van der Waals surface area contributed by atoms with Crippen LogP contribution in [0.2, 0.25) is 0 Å². The molecule has 2 atom stereocenters. The molecule has 0 saturated carbocycles. The van der Waals surface area contributed by atoms with Crippen molar-refractivity contribution >= 4 is 29.1 Å². The Morgan fingerprint density at radius 3 is 2.42 bits per heavy atom. The van der Waals surface area contributed by atoms with Crippen LogP contribution in [-0.2, 0) is 11.2 Å². The van der Waals surface area contributed by atoms with Gasteiger partial charge >= 0.3 is 6.09 Å². The average molecular weight is 453 g/mol. The minimum atomic E-state index is -0.364. The topological polar surface area (TPSA) is 56.3 Å². The lowest BCUT2D eigenvalue weighted by atomic mass is 9.97. The van der Waals surface area contributed by atoms with Crippen molar-refractivity contribution in [3.05, 3.63) is 53.3 Å². The molecule has 0 aromatic heterocycles. The fourth-order valence-corrected chi connectivity index (χ4v) is 5.01. The number of benzene rings is 2. The number of ether oxygens (including phenoxy) is 1. The van der Waals surface area contributed by atoms with Gasteiger partial charge in [0.2, 0.25) is 0 Å². The van der Waals surface area contributed by atoms with Gasteiger partial charge in [-0.2, -0.15) is 0 Å². The quantitative estimate of drug-likeness (QED) is 0.711. The lowest BCUT2D eigenvalue weighted by Crippen LogP contribution is -2.38. The molecule has 33 heavy (non-hydrogen) atoms. The van der Waals surface area contributed by atoms with E-state index in [1.54, 1.807) is 28.0 Å². The third-order valence-electron chi connectivity index (χ3n) is 6.92. The van der Waals surface area contributed by atoms with Crippen LogP contribution in [0.3, 0.4) is 0 Å². The molecule has 2 aromatic rings. The van der Waals surface area contributed by atoms with Gasteiger partial charge in [0.15, 0.2) is 0 Å². The van der Waals surface area contributed by atoms with Crippen LogP contribution in [0.4, 0.5) is 26.2 Å². The van der Waals surface area contributed by atoms with Gasteiger partial charge in [-0.1, -0.05) is 0 Å². The van der Waals surface area contributed by atoms with Crippen LogP contribution in [0.25, 0.3) is 0 Å². The maximum atomic E-state index is 15.1. The van der Waals surface area contributed by atoms with E-state index in [0.717, 1.165) is 30.8 Å². The zero-order chi connectivity index (χ0) is 23.3. The van der Waals surface area contributed by atoms with Gasteiger partial charge < -0.3 is 19.4 Å². The van der Waals surface area contributed by atoms with Crippen molar-refractivity contribution in [2.45, 2.75) is 31.9 Å². The number of cyclic esters (lactones) is 1. The summed E-state index contributed by atoms with van der Waals surface area (Å²) in [6.45, 7) is 4.43. The molecule has 3 aliphatic heterocycles. The van der Waals surface area contributed by atoms with Crippen molar-refractivity contribution in [2.24, 2.45) is 0 Å². The zero-order valence-corrected chi connectivity index (χ0v) is 19.3. The second kappa shape index (κ2) is 8.33. The summed E-state index contributed by atoms with van der Waals surface area (Å²) in [5.41, 5.74) is 3.37. The maximum absolute atomic E-state index is 15.1. The van der Waals surface area contributed by atoms with Crippen LogP contribution >= 0.6 is 0 Å².